The quantitative estimate of drug-likeness (QED) is 0.690. The van der Waals surface area contributed by atoms with Crippen molar-refractivity contribution in [3.8, 4) is 0 Å². The van der Waals surface area contributed by atoms with E-state index < -0.39 is 0 Å². The minimum absolute atomic E-state index is 0.0298. The summed E-state index contributed by atoms with van der Waals surface area (Å²) in [6, 6.07) is 0. The second-order valence-corrected chi connectivity index (χ2v) is 5.21. The molecule has 2 N–H and O–H groups in total. The third kappa shape index (κ3) is 3.14. The second-order valence-electron chi connectivity index (χ2n) is 5.21. The topological polar surface area (TPSA) is 26.0 Å². The van der Waals surface area contributed by atoms with E-state index in [2.05, 4.69) is 20.8 Å². The van der Waals surface area contributed by atoms with Crippen LogP contribution in [0.25, 0.3) is 0 Å². The lowest BCUT2D eigenvalue weighted by Crippen LogP contribution is -2.35. The molecule has 72 valence electrons. The predicted octanol–water partition coefficient (Wildman–Crippen LogP) is 2.94. The summed E-state index contributed by atoms with van der Waals surface area (Å²) in [5.41, 5.74) is 6.03. The normalized spacial score (nSPS) is 23.0. The van der Waals surface area contributed by atoms with E-state index in [1.54, 1.807) is 0 Å². The standard InChI is InChI=1S/C11H23N/c1-9(8-11(2,3)12)10-6-4-5-7-10/h9-10H,4-8,12H2,1-3H3. The molecular formula is C11H23N. The summed E-state index contributed by atoms with van der Waals surface area (Å²) in [4.78, 5) is 0. The van der Waals surface area contributed by atoms with E-state index in [0.717, 1.165) is 11.8 Å². The summed E-state index contributed by atoms with van der Waals surface area (Å²) in [7, 11) is 0. The van der Waals surface area contributed by atoms with Crippen molar-refractivity contribution in [1.29, 1.82) is 0 Å². The van der Waals surface area contributed by atoms with E-state index >= 15 is 0 Å². The summed E-state index contributed by atoms with van der Waals surface area (Å²) < 4.78 is 0. The van der Waals surface area contributed by atoms with Crippen molar-refractivity contribution >= 4 is 0 Å². The van der Waals surface area contributed by atoms with Crippen molar-refractivity contribution in [3.63, 3.8) is 0 Å². The van der Waals surface area contributed by atoms with Gasteiger partial charge in [-0.1, -0.05) is 32.6 Å². The van der Waals surface area contributed by atoms with Gasteiger partial charge in [-0.3, -0.25) is 0 Å². The molecule has 0 aliphatic heterocycles. The van der Waals surface area contributed by atoms with Crippen LogP contribution in [-0.2, 0) is 0 Å². The Hall–Kier alpha value is -0.0400. The third-order valence-electron chi connectivity index (χ3n) is 3.05. The minimum Gasteiger partial charge on any atom is -0.326 e. The lowest BCUT2D eigenvalue weighted by atomic mass is 9.83. The molecule has 1 fully saturated rings. The van der Waals surface area contributed by atoms with Crippen LogP contribution in [0.4, 0.5) is 0 Å². The molecule has 12 heavy (non-hydrogen) atoms. The van der Waals surface area contributed by atoms with Gasteiger partial charge in [0.25, 0.3) is 0 Å². The molecule has 1 atom stereocenters. The Labute approximate surface area is 76.7 Å². The predicted molar refractivity (Wildman–Crippen MR) is 54.0 cm³/mol. The van der Waals surface area contributed by atoms with Crippen LogP contribution in [0.3, 0.4) is 0 Å². The van der Waals surface area contributed by atoms with Crippen LogP contribution in [0.1, 0.15) is 52.9 Å². The summed E-state index contributed by atoms with van der Waals surface area (Å²) in [6.07, 6.45) is 6.95. The van der Waals surface area contributed by atoms with Crippen molar-refractivity contribution in [2.75, 3.05) is 0 Å². The first-order chi connectivity index (χ1) is 5.49. The number of hydrogen-bond acceptors (Lipinski definition) is 1. The zero-order valence-corrected chi connectivity index (χ0v) is 8.77. The first-order valence-electron chi connectivity index (χ1n) is 5.28. The Morgan fingerprint density at radius 3 is 2.25 bits per heavy atom. The molecule has 0 aromatic carbocycles. The van der Waals surface area contributed by atoms with E-state index in [-0.39, 0.29) is 5.54 Å². The molecule has 0 amide bonds. The highest BCUT2D eigenvalue weighted by Gasteiger charge is 2.25. The third-order valence-corrected chi connectivity index (χ3v) is 3.05. The van der Waals surface area contributed by atoms with Gasteiger partial charge >= 0.3 is 0 Å². The van der Waals surface area contributed by atoms with Gasteiger partial charge in [-0.15, -0.1) is 0 Å². The maximum absolute atomic E-state index is 6.00. The van der Waals surface area contributed by atoms with Gasteiger partial charge < -0.3 is 5.73 Å². The second kappa shape index (κ2) is 3.78. The summed E-state index contributed by atoms with van der Waals surface area (Å²) in [5, 5.41) is 0. The first-order valence-corrected chi connectivity index (χ1v) is 5.28. The van der Waals surface area contributed by atoms with Gasteiger partial charge in [0, 0.05) is 5.54 Å². The molecule has 0 radical (unpaired) electrons. The van der Waals surface area contributed by atoms with Crippen LogP contribution in [0.5, 0.6) is 0 Å². The van der Waals surface area contributed by atoms with Crippen molar-refractivity contribution in [2.45, 2.75) is 58.4 Å². The van der Waals surface area contributed by atoms with Gasteiger partial charge in [0.1, 0.15) is 0 Å². The molecule has 1 aliphatic carbocycles. The fraction of sp³-hybridized carbons (Fsp3) is 1.00. The number of rotatable bonds is 3. The Balaban J connectivity index is 2.31. The Bertz CT molecular complexity index is 128. The van der Waals surface area contributed by atoms with Crippen molar-refractivity contribution < 1.29 is 0 Å². The van der Waals surface area contributed by atoms with E-state index in [4.69, 9.17) is 5.73 Å². The molecular weight excluding hydrogens is 146 g/mol. The molecule has 1 nitrogen and oxygen atoms in total. The van der Waals surface area contributed by atoms with Gasteiger partial charge in [-0.25, -0.2) is 0 Å². The fourth-order valence-corrected chi connectivity index (χ4v) is 2.52. The average Bonchev–Trinajstić information content (AvgIpc) is 2.32. The average molecular weight is 169 g/mol. The summed E-state index contributed by atoms with van der Waals surface area (Å²) in [5.74, 6) is 1.79. The van der Waals surface area contributed by atoms with Gasteiger partial charge in [-0.2, -0.15) is 0 Å². The summed E-state index contributed by atoms with van der Waals surface area (Å²) >= 11 is 0. The Morgan fingerprint density at radius 1 is 1.33 bits per heavy atom. The molecule has 1 saturated carbocycles. The van der Waals surface area contributed by atoms with Crippen LogP contribution >= 0.6 is 0 Å². The molecule has 1 heteroatoms. The molecule has 1 aliphatic rings. The zero-order valence-electron chi connectivity index (χ0n) is 8.77. The maximum atomic E-state index is 6.00. The smallest absolute Gasteiger partial charge is 0.00996 e. The molecule has 1 rings (SSSR count). The van der Waals surface area contributed by atoms with E-state index in [1.807, 2.05) is 0 Å². The zero-order chi connectivity index (χ0) is 9.19. The van der Waals surface area contributed by atoms with Crippen LogP contribution in [0, 0.1) is 11.8 Å². The lowest BCUT2D eigenvalue weighted by molar-refractivity contribution is 0.284. The molecule has 0 saturated heterocycles. The van der Waals surface area contributed by atoms with Crippen LogP contribution in [0.2, 0.25) is 0 Å². The summed E-state index contributed by atoms with van der Waals surface area (Å²) in [6.45, 7) is 6.64. The first kappa shape index (κ1) is 10.0. The molecule has 0 heterocycles. The monoisotopic (exact) mass is 169 g/mol. The van der Waals surface area contributed by atoms with Crippen molar-refractivity contribution in [2.24, 2.45) is 17.6 Å². The van der Waals surface area contributed by atoms with Gasteiger partial charge in [0.2, 0.25) is 0 Å². The molecule has 0 aromatic rings. The van der Waals surface area contributed by atoms with Crippen molar-refractivity contribution in [3.05, 3.63) is 0 Å². The SMILES string of the molecule is CC(CC(C)(C)N)C1CCCC1. The van der Waals surface area contributed by atoms with Gasteiger partial charge in [0.05, 0.1) is 0 Å². The molecule has 1 unspecified atom stereocenters. The van der Waals surface area contributed by atoms with Crippen LogP contribution in [-0.4, -0.2) is 5.54 Å². The fourth-order valence-electron chi connectivity index (χ4n) is 2.52. The van der Waals surface area contributed by atoms with E-state index in [0.29, 0.717) is 0 Å². The molecule has 0 bridgehead atoms. The highest BCUT2D eigenvalue weighted by atomic mass is 14.7. The van der Waals surface area contributed by atoms with E-state index in [9.17, 15) is 0 Å². The Kier molecular flexibility index (Phi) is 3.16. The van der Waals surface area contributed by atoms with Gasteiger partial charge in [-0.05, 0) is 32.1 Å². The van der Waals surface area contributed by atoms with Crippen LogP contribution in [0.15, 0.2) is 0 Å². The minimum atomic E-state index is 0.0298. The highest BCUT2D eigenvalue weighted by molar-refractivity contribution is 4.80. The molecule has 0 spiro atoms. The van der Waals surface area contributed by atoms with Crippen molar-refractivity contribution in [1.82, 2.24) is 0 Å². The largest absolute Gasteiger partial charge is 0.326 e. The number of nitrogens with two attached hydrogens (primary N) is 1. The molecule has 0 aromatic heterocycles. The van der Waals surface area contributed by atoms with E-state index in [1.165, 1.54) is 32.1 Å². The van der Waals surface area contributed by atoms with Gasteiger partial charge in [0.15, 0.2) is 0 Å². The van der Waals surface area contributed by atoms with Crippen LogP contribution < -0.4 is 5.73 Å². The number of hydrogen-bond donors (Lipinski definition) is 1. The highest BCUT2D eigenvalue weighted by Crippen LogP contribution is 2.34. The maximum Gasteiger partial charge on any atom is 0.00996 e. The Morgan fingerprint density at radius 2 is 1.83 bits per heavy atom. The lowest BCUT2D eigenvalue weighted by Gasteiger charge is -2.27.